The van der Waals surface area contributed by atoms with Crippen LogP contribution in [0.3, 0.4) is 0 Å². The fourth-order valence-electron chi connectivity index (χ4n) is 3.23. The molecular weight excluding hydrogens is 364 g/mol. The molecule has 1 atom stereocenters. The van der Waals surface area contributed by atoms with Crippen molar-refractivity contribution in [3.8, 4) is 11.5 Å². The molecule has 0 radical (unpaired) electrons. The minimum absolute atomic E-state index is 0.0768. The van der Waals surface area contributed by atoms with Crippen molar-refractivity contribution in [2.75, 3.05) is 25.4 Å². The number of aryl methyl sites for hydroxylation is 1. The Hall–Kier alpha value is -2.22. The van der Waals surface area contributed by atoms with Gasteiger partial charge in [0.25, 0.3) is 0 Å². The Bertz CT molecular complexity index is 821. The van der Waals surface area contributed by atoms with E-state index in [4.69, 9.17) is 9.47 Å². The van der Waals surface area contributed by atoms with Gasteiger partial charge in [0.05, 0.1) is 12.3 Å². The van der Waals surface area contributed by atoms with Crippen molar-refractivity contribution in [3.05, 3.63) is 30.1 Å². The third kappa shape index (κ3) is 4.05. The molecule has 2 aromatic rings. The molecule has 1 aromatic heterocycles. The normalized spacial score (nSPS) is 18.4. The summed E-state index contributed by atoms with van der Waals surface area (Å²) in [5.74, 6) is 2.84. The molecule has 27 heavy (non-hydrogen) atoms. The highest BCUT2D eigenvalue weighted by atomic mass is 32.2. The second-order valence-electron chi connectivity index (χ2n) is 6.85. The van der Waals surface area contributed by atoms with Crippen LogP contribution in [0.25, 0.3) is 0 Å². The molecule has 1 aromatic carbocycles. The topological polar surface area (TPSA) is 69.5 Å². The monoisotopic (exact) mass is 388 g/mol. The summed E-state index contributed by atoms with van der Waals surface area (Å²) in [6.07, 6.45) is 2.18. The number of hydrogen-bond donors (Lipinski definition) is 0. The van der Waals surface area contributed by atoms with Gasteiger partial charge in [0, 0.05) is 12.6 Å². The molecule has 0 saturated heterocycles. The number of carbonyl (C=O) groups is 1. The predicted octanol–water partition coefficient (Wildman–Crippen LogP) is 2.70. The molecule has 144 valence electrons. The van der Waals surface area contributed by atoms with Crippen LogP contribution in [-0.2, 0) is 4.79 Å². The van der Waals surface area contributed by atoms with Gasteiger partial charge < -0.3 is 18.9 Å². The van der Waals surface area contributed by atoms with Crippen molar-refractivity contribution in [2.45, 2.75) is 44.0 Å². The Morgan fingerprint density at radius 2 is 2.07 bits per heavy atom. The Morgan fingerprint density at radius 1 is 1.30 bits per heavy atom. The second-order valence-corrected chi connectivity index (χ2v) is 7.79. The minimum atomic E-state index is -0.161. The smallest absolute Gasteiger partial charge is 0.233 e. The zero-order valence-corrected chi connectivity index (χ0v) is 16.4. The number of thioether (sulfide) groups is 1. The highest BCUT2D eigenvalue weighted by Crippen LogP contribution is 2.38. The van der Waals surface area contributed by atoms with E-state index in [-0.39, 0.29) is 12.0 Å². The van der Waals surface area contributed by atoms with Crippen molar-refractivity contribution >= 4 is 17.7 Å². The van der Waals surface area contributed by atoms with E-state index in [1.54, 1.807) is 0 Å². The molecular formula is C19H24N4O3S. The number of benzene rings is 1. The van der Waals surface area contributed by atoms with Crippen LogP contribution in [0.4, 0.5) is 0 Å². The van der Waals surface area contributed by atoms with Crippen LogP contribution in [0.2, 0.25) is 0 Å². The van der Waals surface area contributed by atoms with Crippen molar-refractivity contribution < 1.29 is 14.3 Å². The van der Waals surface area contributed by atoms with E-state index in [0.717, 1.165) is 22.5 Å². The van der Waals surface area contributed by atoms with Crippen LogP contribution < -0.4 is 9.47 Å². The van der Waals surface area contributed by atoms with Gasteiger partial charge in [0.15, 0.2) is 22.8 Å². The van der Waals surface area contributed by atoms with Gasteiger partial charge in [-0.05, 0) is 38.8 Å². The molecule has 1 saturated carbocycles. The highest BCUT2D eigenvalue weighted by Gasteiger charge is 2.29. The van der Waals surface area contributed by atoms with Gasteiger partial charge in [-0.2, -0.15) is 0 Å². The van der Waals surface area contributed by atoms with E-state index in [0.29, 0.717) is 31.5 Å². The van der Waals surface area contributed by atoms with Crippen LogP contribution >= 0.6 is 11.8 Å². The van der Waals surface area contributed by atoms with E-state index >= 15 is 0 Å². The number of ether oxygens (including phenoxy) is 2. The first-order chi connectivity index (χ1) is 13.2. The van der Waals surface area contributed by atoms with Crippen molar-refractivity contribution in [1.29, 1.82) is 0 Å². The Kier molecular flexibility index (Phi) is 5.24. The lowest BCUT2D eigenvalue weighted by Gasteiger charge is -2.30. The Morgan fingerprint density at radius 3 is 2.81 bits per heavy atom. The zero-order valence-electron chi connectivity index (χ0n) is 15.6. The van der Waals surface area contributed by atoms with Gasteiger partial charge in [0.1, 0.15) is 12.4 Å². The summed E-state index contributed by atoms with van der Waals surface area (Å²) in [5, 5.41) is 9.24. The first-order valence-electron chi connectivity index (χ1n) is 9.36. The quantitative estimate of drug-likeness (QED) is 0.680. The lowest BCUT2D eigenvalue weighted by molar-refractivity contribution is -0.129. The fraction of sp³-hybridized carbons (Fsp3) is 0.526. The van der Waals surface area contributed by atoms with E-state index in [1.165, 1.54) is 24.6 Å². The molecule has 1 aliphatic carbocycles. The van der Waals surface area contributed by atoms with Crippen LogP contribution in [0.15, 0.2) is 29.4 Å². The molecule has 4 rings (SSSR count). The van der Waals surface area contributed by atoms with Gasteiger partial charge in [-0.1, -0.05) is 23.9 Å². The van der Waals surface area contributed by atoms with E-state index in [1.807, 2.05) is 43.0 Å². The molecule has 2 aliphatic rings. The van der Waals surface area contributed by atoms with Gasteiger partial charge in [0.2, 0.25) is 5.91 Å². The Balaban J connectivity index is 1.33. The van der Waals surface area contributed by atoms with Crippen LogP contribution in [-0.4, -0.2) is 57.1 Å². The van der Waals surface area contributed by atoms with Crippen LogP contribution in [0.5, 0.6) is 11.5 Å². The molecule has 0 N–H and O–H groups in total. The molecule has 0 spiro atoms. The Labute approximate surface area is 163 Å². The molecule has 2 heterocycles. The second kappa shape index (κ2) is 7.80. The summed E-state index contributed by atoms with van der Waals surface area (Å²) in [6, 6.07) is 8.13. The van der Waals surface area contributed by atoms with Gasteiger partial charge in [-0.25, -0.2) is 0 Å². The summed E-state index contributed by atoms with van der Waals surface area (Å²) in [7, 11) is 0. The standard InChI is InChI=1S/C19H24N4O3S/c1-3-22(10-15-11-25-16-6-4-5-7-17(16)26-15)18(24)12-27-19-21-20-13(2)23(19)14-8-9-14/h4-7,14-15H,3,8-12H2,1-2H3. The molecule has 0 bridgehead atoms. The summed E-state index contributed by atoms with van der Waals surface area (Å²) in [5.41, 5.74) is 0. The molecule has 7 nitrogen and oxygen atoms in total. The maximum Gasteiger partial charge on any atom is 0.233 e. The SMILES string of the molecule is CCN(CC1COc2ccccc2O1)C(=O)CSc1nnc(C)n1C1CC1. The third-order valence-electron chi connectivity index (χ3n) is 4.80. The van der Waals surface area contributed by atoms with Crippen LogP contribution in [0, 0.1) is 6.92 Å². The largest absolute Gasteiger partial charge is 0.486 e. The average molecular weight is 388 g/mol. The third-order valence-corrected chi connectivity index (χ3v) is 5.73. The molecule has 1 aliphatic heterocycles. The maximum atomic E-state index is 12.7. The lowest BCUT2D eigenvalue weighted by atomic mass is 10.2. The van der Waals surface area contributed by atoms with Gasteiger partial charge >= 0.3 is 0 Å². The maximum absolute atomic E-state index is 12.7. The van der Waals surface area contributed by atoms with Crippen LogP contribution in [0.1, 0.15) is 31.6 Å². The number of carbonyl (C=O) groups excluding carboxylic acids is 1. The average Bonchev–Trinajstić information content (AvgIpc) is 3.46. The molecule has 1 unspecified atom stereocenters. The first kappa shape index (κ1) is 18.2. The number of aromatic nitrogens is 3. The number of nitrogens with zero attached hydrogens (tertiary/aromatic N) is 4. The lowest BCUT2D eigenvalue weighted by Crippen LogP contribution is -2.44. The van der Waals surface area contributed by atoms with E-state index in [2.05, 4.69) is 14.8 Å². The zero-order chi connectivity index (χ0) is 18.8. The number of hydrogen-bond acceptors (Lipinski definition) is 6. The van der Waals surface area contributed by atoms with E-state index in [9.17, 15) is 4.79 Å². The minimum Gasteiger partial charge on any atom is -0.486 e. The summed E-state index contributed by atoms with van der Waals surface area (Å²) in [6.45, 7) is 5.54. The van der Waals surface area contributed by atoms with Crippen molar-refractivity contribution in [3.63, 3.8) is 0 Å². The fourth-order valence-corrected chi connectivity index (χ4v) is 4.18. The van der Waals surface area contributed by atoms with Crippen molar-refractivity contribution in [2.24, 2.45) is 0 Å². The van der Waals surface area contributed by atoms with Gasteiger partial charge in [-0.15, -0.1) is 10.2 Å². The highest BCUT2D eigenvalue weighted by molar-refractivity contribution is 7.99. The summed E-state index contributed by atoms with van der Waals surface area (Å²) in [4.78, 5) is 14.5. The van der Waals surface area contributed by atoms with Gasteiger partial charge in [-0.3, -0.25) is 4.79 Å². The number of likely N-dealkylation sites (N-methyl/N-ethyl adjacent to an activating group) is 1. The number of amides is 1. The first-order valence-corrected chi connectivity index (χ1v) is 10.3. The molecule has 8 heteroatoms. The number of fused-ring (bicyclic) bond motifs is 1. The summed E-state index contributed by atoms with van der Waals surface area (Å²) >= 11 is 1.46. The number of para-hydroxylation sites is 2. The number of rotatable bonds is 7. The van der Waals surface area contributed by atoms with Crippen molar-refractivity contribution in [1.82, 2.24) is 19.7 Å². The predicted molar refractivity (Wildman–Crippen MR) is 102 cm³/mol. The van der Waals surface area contributed by atoms with E-state index < -0.39 is 0 Å². The molecule has 1 amide bonds. The molecule has 1 fully saturated rings. The summed E-state index contributed by atoms with van der Waals surface area (Å²) < 4.78 is 13.9.